The molecule has 8 heteroatoms. The van der Waals surface area contributed by atoms with Gasteiger partial charge in [0.1, 0.15) is 5.75 Å². The summed E-state index contributed by atoms with van der Waals surface area (Å²) in [6, 6.07) is 24.1. The molecule has 0 spiro atoms. The topological polar surface area (TPSA) is 63.5 Å². The second-order valence-corrected chi connectivity index (χ2v) is 10.2. The number of nitrogens with zero attached hydrogens (tertiary/aromatic N) is 5. The average molecular weight is 514 g/mol. The Hall–Kier alpha value is -3.62. The van der Waals surface area contributed by atoms with Crippen molar-refractivity contribution in [2.45, 2.75) is 17.8 Å². The lowest BCUT2D eigenvalue weighted by Crippen LogP contribution is -2.47. The first-order valence-electron chi connectivity index (χ1n) is 12.4. The van der Waals surface area contributed by atoms with Crippen molar-refractivity contribution in [1.29, 1.82) is 0 Å². The molecule has 1 aliphatic heterocycles. The second-order valence-electron chi connectivity index (χ2n) is 9.26. The van der Waals surface area contributed by atoms with Crippen LogP contribution in [0.3, 0.4) is 0 Å². The highest BCUT2D eigenvalue weighted by molar-refractivity contribution is 7.98. The zero-order valence-corrected chi connectivity index (χ0v) is 22.2. The number of thioether (sulfide) groups is 1. The minimum atomic E-state index is 0.103. The molecule has 1 fully saturated rings. The number of hydrogen-bond donors (Lipinski definition) is 0. The first-order valence-corrected chi connectivity index (χ1v) is 13.4. The molecule has 1 amide bonds. The maximum atomic E-state index is 12.9. The minimum absolute atomic E-state index is 0.103. The number of piperazine rings is 1. The summed E-state index contributed by atoms with van der Waals surface area (Å²) in [6.07, 6.45) is 0. The van der Waals surface area contributed by atoms with Crippen molar-refractivity contribution in [3.63, 3.8) is 0 Å². The number of amides is 1. The van der Waals surface area contributed by atoms with Crippen molar-refractivity contribution >= 4 is 17.7 Å². The Balaban J connectivity index is 1.37. The van der Waals surface area contributed by atoms with Crippen LogP contribution in [0.15, 0.2) is 78.0 Å². The molecule has 0 N–H and O–H groups in total. The average Bonchev–Trinajstić information content (AvgIpc) is 3.36. The maximum Gasteiger partial charge on any atom is 0.253 e. The van der Waals surface area contributed by atoms with Crippen LogP contribution in [0.25, 0.3) is 17.1 Å². The van der Waals surface area contributed by atoms with Gasteiger partial charge in [0.25, 0.3) is 5.91 Å². The number of ether oxygens (including phenoxy) is 1. The van der Waals surface area contributed by atoms with Gasteiger partial charge in [0.05, 0.1) is 12.8 Å². The summed E-state index contributed by atoms with van der Waals surface area (Å²) >= 11 is 1.61. The standard InChI is InChI=1S/C29H31N5O2S/c1-21-8-12-23(13-9-21)27-30-31-29(34(27)25-6-4-5-7-26(25)36-3)37-20-22-10-14-24(15-11-22)28(35)33-18-16-32(2)17-19-33/h4-15H,16-20H2,1-3H3. The van der Waals surface area contributed by atoms with Crippen LogP contribution in [-0.4, -0.2) is 70.8 Å². The second kappa shape index (κ2) is 11.2. The van der Waals surface area contributed by atoms with Gasteiger partial charge in [-0.05, 0) is 43.8 Å². The molecule has 0 saturated carbocycles. The van der Waals surface area contributed by atoms with Crippen LogP contribution >= 0.6 is 11.8 Å². The third-order valence-electron chi connectivity index (χ3n) is 6.63. The molecule has 0 bridgehead atoms. The number of carbonyl (C=O) groups is 1. The predicted octanol–water partition coefficient (Wildman–Crippen LogP) is 4.93. The molecule has 4 aromatic rings. The van der Waals surface area contributed by atoms with E-state index in [-0.39, 0.29) is 5.91 Å². The Morgan fingerprint density at radius 1 is 0.919 bits per heavy atom. The maximum absolute atomic E-state index is 12.9. The van der Waals surface area contributed by atoms with Gasteiger partial charge in [-0.1, -0.05) is 65.9 Å². The molecule has 37 heavy (non-hydrogen) atoms. The first kappa shape index (κ1) is 25.0. The van der Waals surface area contributed by atoms with Gasteiger partial charge >= 0.3 is 0 Å². The van der Waals surface area contributed by atoms with Crippen molar-refractivity contribution in [2.75, 3.05) is 40.3 Å². The number of benzene rings is 3. The zero-order valence-electron chi connectivity index (χ0n) is 21.4. The molecule has 5 rings (SSSR count). The molecule has 0 atom stereocenters. The third-order valence-corrected chi connectivity index (χ3v) is 7.63. The molecule has 0 aliphatic carbocycles. The van der Waals surface area contributed by atoms with E-state index < -0.39 is 0 Å². The molecule has 0 unspecified atom stereocenters. The fourth-order valence-electron chi connectivity index (χ4n) is 4.37. The Morgan fingerprint density at radius 2 is 1.62 bits per heavy atom. The number of carbonyl (C=O) groups excluding carboxylic acids is 1. The number of hydrogen-bond acceptors (Lipinski definition) is 6. The molecule has 7 nitrogen and oxygen atoms in total. The van der Waals surface area contributed by atoms with E-state index in [0.29, 0.717) is 5.75 Å². The summed E-state index contributed by atoms with van der Waals surface area (Å²) in [7, 11) is 3.76. The number of para-hydroxylation sites is 2. The van der Waals surface area contributed by atoms with Crippen LogP contribution in [0.5, 0.6) is 5.75 Å². The largest absolute Gasteiger partial charge is 0.495 e. The monoisotopic (exact) mass is 513 g/mol. The van der Waals surface area contributed by atoms with E-state index in [2.05, 4.69) is 57.9 Å². The normalized spacial score (nSPS) is 14.1. The molecule has 3 aromatic carbocycles. The van der Waals surface area contributed by atoms with Gasteiger partial charge in [0, 0.05) is 43.1 Å². The highest BCUT2D eigenvalue weighted by Gasteiger charge is 2.21. The van der Waals surface area contributed by atoms with Crippen LogP contribution in [0.1, 0.15) is 21.5 Å². The summed E-state index contributed by atoms with van der Waals surface area (Å²) in [4.78, 5) is 17.1. The van der Waals surface area contributed by atoms with Crippen molar-refractivity contribution in [1.82, 2.24) is 24.6 Å². The van der Waals surface area contributed by atoms with E-state index in [1.54, 1.807) is 18.9 Å². The lowest BCUT2D eigenvalue weighted by molar-refractivity contribution is 0.0664. The quantitative estimate of drug-likeness (QED) is 0.327. The van der Waals surface area contributed by atoms with Crippen molar-refractivity contribution in [3.05, 3.63) is 89.5 Å². The van der Waals surface area contributed by atoms with Gasteiger partial charge in [-0.2, -0.15) is 0 Å². The number of rotatable bonds is 7. The Morgan fingerprint density at radius 3 is 2.32 bits per heavy atom. The zero-order chi connectivity index (χ0) is 25.8. The van der Waals surface area contributed by atoms with Crippen molar-refractivity contribution in [2.24, 2.45) is 0 Å². The summed E-state index contributed by atoms with van der Waals surface area (Å²) in [5.41, 5.74) is 4.92. The Labute approximate surface area is 222 Å². The Bertz CT molecular complexity index is 1360. The lowest BCUT2D eigenvalue weighted by atomic mass is 10.1. The van der Waals surface area contributed by atoms with Gasteiger partial charge in [0.2, 0.25) is 0 Å². The highest BCUT2D eigenvalue weighted by Crippen LogP contribution is 2.33. The number of aryl methyl sites for hydroxylation is 1. The van der Waals surface area contributed by atoms with Gasteiger partial charge in [-0.15, -0.1) is 10.2 Å². The summed E-state index contributed by atoms with van der Waals surface area (Å²) < 4.78 is 7.72. The van der Waals surface area contributed by atoms with Crippen LogP contribution < -0.4 is 4.74 Å². The van der Waals surface area contributed by atoms with E-state index in [1.807, 2.05) is 53.4 Å². The number of likely N-dealkylation sites (N-methyl/N-ethyl adjacent to an activating group) is 1. The van der Waals surface area contributed by atoms with Gasteiger partial charge in [0.15, 0.2) is 11.0 Å². The molecule has 1 aromatic heterocycles. The number of aromatic nitrogens is 3. The minimum Gasteiger partial charge on any atom is -0.495 e. The van der Waals surface area contributed by atoms with Crippen LogP contribution in [0, 0.1) is 6.92 Å². The smallest absolute Gasteiger partial charge is 0.253 e. The van der Waals surface area contributed by atoms with E-state index in [4.69, 9.17) is 4.74 Å². The fraction of sp³-hybridized carbons (Fsp3) is 0.276. The molecule has 2 heterocycles. The van der Waals surface area contributed by atoms with Crippen molar-refractivity contribution in [3.8, 4) is 22.8 Å². The van der Waals surface area contributed by atoms with E-state index in [9.17, 15) is 4.79 Å². The van der Waals surface area contributed by atoms with Gasteiger partial charge in [-0.3, -0.25) is 9.36 Å². The fourth-order valence-corrected chi connectivity index (χ4v) is 5.27. The molecule has 1 saturated heterocycles. The highest BCUT2D eigenvalue weighted by atomic mass is 32.2. The van der Waals surface area contributed by atoms with Gasteiger partial charge in [-0.25, -0.2) is 0 Å². The van der Waals surface area contributed by atoms with E-state index in [0.717, 1.165) is 65.3 Å². The molecular formula is C29H31N5O2S. The lowest BCUT2D eigenvalue weighted by Gasteiger charge is -2.32. The summed E-state index contributed by atoms with van der Waals surface area (Å²) in [6.45, 7) is 5.44. The Kier molecular flexibility index (Phi) is 7.58. The molecule has 1 aliphatic rings. The third kappa shape index (κ3) is 5.55. The molecule has 190 valence electrons. The van der Waals surface area contributed by atoms with Gasteiger partial charge < -0.3 is 14.5 Å². The first-order chi connectivity index (χ1) is 18.0. The predicted molar refractivity (Wildman–Crippen MR) is 147 cm³/mol. The SMILES string of the molecule is COc1ccccc1-n1c(SCc2ccc(C(=O)N3CCN(C)CC3)cc2)nnc1-c1ccc(C)cc1. The summed E-state index contributed by atoms with van der Waals surface area (Å²) in [5, 5.41) is 9.88. The van der Waals surface area contributed by atoms with Crippen LogP contribution in [0.2, 0.25) is 0 Å². The number of methoxy groups -OCH3 is 1. The van der Waals surface area contributed by atoms with E-state index >= 15 is 0 Å². The van der Waals surface area contributed by atoms with Crippen LogP contribution in [-0.2, 0) is 5.75 Å². The molecular weight excluding hydrogens is 482 g/mol. The van der Waals surface area contributed by atoms with Crippen LogP contribution in [0.4, 0.5) is 0 Å². The van der Waals surface area contributed by atoms with Crippen molar-refractivity contribution < 1.29 is 9.53 Å². The van der Waals surface area contributed by atoms with E-state index in [1.165, 1.54) is 5.56 Å². The summed E-state index contributed by atoms with van der Waals surface area (Å²) in [5.74, 6) is 2.32. The molecule has 0 radical (unpaired) electrons.